The van der Waals surface area contributed by atoms with Crippen molar-refractivity contribution in [2.75, 3.05) is 19.8 Å². The van der Waals surface area contributed by atoms with Crippen LogP contribution in [0.25, 0.3) is 12.2 Å². The van der Waals surface area contributed by atoms with Crippen LogP contribution in [0, 0.1) is 0 Å². The number of ether oxygens (including phenoxy) is 2. The van der Waals surface area contributed by atoms with Crippen LogP contribution in [0.15, 0.2) is 54.9 Å². The average molecular weight is 395 g/mol. The number of pyridine rings is 1. The molecule has 29 heavy (non-hydrogen) atoms. The Bertz CT molecular complexity index is 828. The highest BCUT2D eigenvalue weighted by Gasteiger charge is 2.14. The molecule has 2 aromatic rings. The molecule has 1 aromatic heterocycles. The van der Waals surface area contributed by atoms with Gasteiger partial charge in [0, 0.05) is 30.5 Å². The number of nitrogens with zero attached hydrogens (tertiary/aromatic N) is 1. The molecule has 0 bridgehead atoms. The molecule has 0 saturated heterocycles. The standard InChI is InChI=1S/C23H25NO5/c1-3-28-22(26)9-7-17-12-18(8-10-23(27)29-4-2)14-20(13-17)21(16-25)19-6-5-11-24-15-19/h5-15,21,25H,3-4,16H2,1-2H3. The molecule has 1 heterocycles. The van der Waals surface area contributed by atoms with Gasteiger partial charge in [0.25, 0.3) is 0 Å². The summed E-state index contributed by atoms with van der Waals surface area (Å²) >= 11 is 0. The van der Waals surface area contributed by atoms with Crippen molar-refractivity contribution >= 4 is 24.1 Å². The van der Waals surface area contributed by atoms with Gasteiger partial charge >= 0.3 is 11.9 Å². The number of aliphatic hydroxyl groups excluding tert-OH is 1. The Morgan fingerprint density at radius 2 is 1.59 bits per heavy atom. The van der Waals surface area contributed by atoms with Crippen molar-refractivity contribution in [3.05, 3.63) is 77.1 Å². The second kappa shape index (κ2) is 11.6. The van der Waals surface area contributed by atoms with Crippen molar-refractivity contribution in [1.29, 1.82) is 0 Å². The van der Waals surface area contributed by atoms with E-state index in [1.54, 1.807) is 38.4 Å². The van der Waals surface area contributed by atoms with Gasteiger partial charge in [-0.05, 0) is 60.4 Å². The predicted molar refractivity (Wildman–Crippen MR) is 111 cm³/mol. The molecule has 0 spiro atoms. The van der Waals surface area contributed by atoms with Crippen LogP contribution < -0.4 is 0 Å². The van der Waals surface area contributed by atoms with Crippen LogP contribution in [-0.2, 0) is 19.1 Å². The highest BCUT2D eigenvalue weighted by Crippen LogP contribution is 2.26. The minimum Gasteiger partial charge on any atom is -0.463 e. The topological polar surface area (TPSA) is 85.7 Å². The third-order valence-corrected chi connectivity index (χ3v) is 4.07. The van der Waals surface area contributed by atoms with Crippen molar-refractivity contribution in [3.8, 4) is 0 Å². The van der Waals surface area contributed by atoms with Gasteiger partial charge in [0.15, 0.2) is 0 Å². The molecule has 6 nitrogen and oxygen atoms in total. The first-order valence-corrected chi connectivity index (χ1v) is 9.42. The third kappa shape index (κ3) is 7.01. The van der Waals surface area contributed by atoms with Gasteiger partial charge in [-0.1, -0.05) is 18.2 Å². The predicted octanol–water partition coefficient (Wildman–Crippen LogP) is 3.36. The molecule has 0 aliphatic rings. The summed E-state index contributed by atoms with van der Waals surface area (Å²) in [6.07, 6.45) is 9.35. The lowest BCUT2D eigenvalue weighted by Gasteiger charge is -2.16. The Kier molecular flexibility index (Phi) is 8.79. The maximum atomic E-state index is 11.7. The van der Waals surface area contributed by atoms with Crippen molar-refractivity contribution in [1.82, 2.24) is 4.98 Å². The number of aliphatic hydroxyl groups is 1. The molecule has 1 aromatic carbocycles. The normalized spacial score (nSPS) is 12.2. The van der Waals surface area contributed by atoms with Gasteiger partial charge in [0.2, 0.25) is 0 Å². The zero-order valence-corrected chi connectivity index (χ0v) is 16.6. The Balaban J connectivity index is 2.42. The molecule has 1 atom stereocenters. The second-order valence-electron chi connectivity index (χ2n) is 6.13. The van der Waals surface area contributed by atoms with E-state index in [1.807, 2.05) is 30.3 Å². The SMILES string of the molecule is CCOC(=O)C=Cc1cc(C=CC(=O)OCC)cc(C(CO)c2cccnc2)c1. The summed E-state index contributed by atoms with van der Waals surface area (Å²) in [4.78, 5) is 27.4. The van der Waals surface area contributed by atoms with Gasteiger partial charge < -0.3 is 14.6 Å². The van der Waals surface area contributed by atoms with Crippen LogP contribution in [0.2, 0.25) is 0 Å². The van der Waals surface area contributed by atoms with E-state index in [1.165, 1.54) is 12.2 Å². The minimum atomic E-state index is -0.438. The fourth-order valence-corrected chi connectivity index (χ4v) is 2.79. The van der Waals surface area contributed by atoms with Crippen molar-refractivity contribution in [2.45, 2.75) is 19.8 Å². The molecule has 2 rings (SSSR count). The fraction of sp³-hybridized carbons (Fsp3) is 0.261. The maximum Gasteiger partial charge on any atom is 0.330 e. The van der Waals surface area contributed by atoms with Crippen LogP contribution in [0.4, 0.5) is 0 Å². The van der Waals surface area contributed by atoms with Crippen molar-refractivity contribution in [2.24, 2.45) is 0 Å². The lowest BCUT2D eigenvalue weighted by molar-refractivity contribution is -0.138. The number of benzene rings is 1. The van der Waals surface area contributed by atoms with Gasteiger partial charge in [-0.25, -0.2) is 9.59 Å². The summed E-state index contributed by atoms with van der Waals surface area (Å²) in [7, 11) is 0. The lowest BCUT2D eigenvalue weighted by Crippen LogP contribution is -2.07. The Morgan fingerprint density at radius 3 is 2.03 bits per heavy atom. The lowest BCUT2D eigenvalue weighted by atomic mass is 9.90. The molecule has 1 N–H and O–H groups in total. The Hall–Kier alpha value is -3.25. The molecule has 0 saturated carbocycles. The molecule has 0 amide bonds. The molecular weight excluding hydrogens is 370 g/mol. The zero-order chi connectivity index (χ0) is 21.1. The molecular formula is C23H25NO5. The fourth-order valence-electron chi connectivity index (χ4n) is 2.79. The number of esters is 2. The van der Waals surface area contributed by atoms with Crippen LogP contribution in [0.5, 0.6) is 0 Å². The molecule has 0 radical (unpaired) electrons. The highest BCUT2D eigenvalue weighted by molar-refractivity contribution is 5.88. The van der Waals surface area contributed by atoms with Crippen molar-refractivity contribution < 1.29 is 24.2 Å². The number of carbonyl (C=O) groups excluding carboxylic acids is 2. The van der Waals surface area contributed by atoms with Gasteiger partial charge in [0.1, 0.15) is 0 Å². The first kappa shape index (κ1) is 22.0. The molecule has 6 heteroatoms. The second-order valence-corrected chi connectivity index (χ2v) is 6.13. The van der Waals surface area contributed by atoms with Crippen LogP contribution >= 0.6 is 0 Å². The number of carbonyl (C=O) groups is 2. The summed E-state index contributed by atoms with van der Waals surface area (Å²) in [6, 6.07) is 9.29. The quantitative estimate of drug-likeness (QED) is 0.518. The van der Waals surface area contributed by atoms with E-state index >= 15 is 0 Å². The van der Waals surface area contributed by atoms with Crippen molar-refractivity contribution in [3.63, 3.8) is 0 Å². The Morgan fingerprint density at radius 1 is 1.00 bits per heavy atom. The molecule has 152 valence electrons. The Labute approximate surface area is 170 Å². The van der Waals surface area contributed by atoms with Gasteiger partial charge in [-0.3, -0.25) is 4.98 Å². The molecule has 0 aliphatic carbocycles. The van der Waals surface area contributed by atoms with E-state index in [9.17, 15) is 14.7 Å². The number of aromatic nitrogens is 1. The van der Waals surface area contributed by atoms with Crippen LogP contribution in [0.1, 0.15) is 42.0 Å². The summed E-state index contributed by atoms with van der Waals surface area (Å²) in [5.41, 5.74) is 3.17. The summed E-state index contributed by atoms with van der Waals surface area (Å²) in [6.45, 7) is 3.96. The maximum absolute atomic E-state index is 11.7. The molecule has 0 fully saturated rings. The summed E-state index contributed by atoms with van der Waals surface area (Å²) in [5.74, 6) is -1.17. The highest BCUT2D eigenvalue weighted by atomic mass is 16.5. The van der Waals surface area contributed by atoms with E-state index in [-0.39, 0.29) is 12.5 Å². The van der Waals surface area contributed by atoms with Gasteiger partial charge in [-0.15, -0.1) is 0 Å². The number of hydrogen-bond acceptors (Lipinski definition) is 6. The van der Waals surface area contributed by atoms with E-state index in [2.05, 4.69) is 4.98 Å². The zero-order valence-electron chi connectivity index (χ0n) is 16.6. The summed E-state index contributed by atoms with van der Waals surface area (Å²) < 4.78 is 9.84. The van der Waals surface area contributed by atoms with Crippen LogP contribution in [0.3, 0.4) is 0 Å². The smallest absolute Gasteiger partial charge is 0.330 e. The first-order valence-electron chi connectivity index (χ1n) is 9.42. The van der Waals surface area contributed by atoms with E-state index in [0.29, 0.717) is 13.2 Å². The van der Waals surface area contributed by atoms with Crippen LogP contribution in [-0.4, -0.2) is 41.8 Å². The van der Waals surface area contributed by atoms with E-state index in [0.717, 1.165) is 22.3 Å². The number of hydrogen-bond donors (Lipinski definition) is 1. The first-order chi connectivity index (χ1) is 14.1. The van der Waals surface area contributed by atoms with E-state index in [4.69, 9.17) is 9.47 Å². The van der Waals surface area contributed by atoms with Gasteiger partial charge in [-0.2, -0.15) is 0 Å². The summed E-state index contributed by atoms with van der Waals surface area (Å²) in [5, 5.41) is 9.98. The van der Waals surface area contributed by atoms with Gasteiger partial charge in [0.05, 0.1) is 19.8 Å². The van der Waals surface area contributed by atoms with E-state index < -0.39 is 11.9 Å². The molecule has 1 unspecified atom stereocenters. The average Bonchev–Trinajstić information content (AvgIpc) is 2.73. The monoisotopic (exact) mass is 395 g/mol. The molecule has 0 aliphatic heterocycles. The third-order valence-electron chi connectivity index (χ3n) is 4.07. The minimum absolute atomic E-state index is 0.113. The largest absolute Gasteiger partial charge is 0.463 e. The number of rotatable bonds is 9.